The number of benzene rings is 2. The summed E-state index contributed by atoms with van der Waals surface area (Å²) in [6.07, 6.45) is 3.55. The van der Waals surface area contributed by atoms with E-state index in [0.29, 0.717) is 37.0 Å². The van der Waals surface area contributed by atoms with Crippen molar-refractivity contribution in [2.75, 3.05) is 56.2 Å². The van der Waals surface area contributed by atoms with Crippen molar-refractivity contribution < 1.29 is 9.13 Å². The van der Waals surface area contributed by atoms with Crippen molar-refractivity contribution in [2.45, 2.75) is 44.3 Å². The molecule has 198 valence electrons. The first kappa shape index (κ1) is 24.8. The number of likely N-dealkylation sites (tertiary alicyclic amines) is 1. The van der Waals surface area contributed by atoms with Gasteiger partial charge in [-0.3, -0.25) is 0 Å². The van der Waals surface area contributed by atoms with Gasteiger partial charge in [-0.2, -0.15) is 15.2 Å². The van der Waals surface area contributed by atoms with Crippen molar-refractivity contribution in [1.29, 1.82) is 5.26 Å². The van der Waals surface area contributed by atoms with Crippen LogP contribution in [0.2, 0.25) is 0 Å². The predicted molar refractivity (Wildman–Crippen MR) is 146 cm³/mol. The van der Waals surface area contributed by atoms with Crippen LogP contribution in [0.3, 0.4) is 0 Å². The minimum atomic E-state index is -0.204. The van der Waals surface area contributed by atoms with Crippen molar-refractivity contribution in [3.05, 3.63) is 53.5 Å². The maximum atomic E-state index is 14.5. The van der Waals surface area contributed by atoms with Gasteiger partial charge in [0.1, 0.15) is 18.2 Å². The number of nitriles is 1. The summed E-state index contributed by atoms with van der Waals surface area (Å²) in [6.45, 7) is 5.41. The number of hydrogen-bond donors (Lipinski definition) is 1. The molecule has 0 aliphatic carbocycles. The number of hydrogen-bond acceptors (Lipinski definition) is 8. The van der Waals surface area contributed by atoms with E-state index in [1.54, 1.807) is 6.07 Å². The number of nitrogens with zero attached hydrogens (tertiary/aromatic N) is 6. The average molecular weight is 516 g/mol. The van der Waals surface area contributed by atoms with E-state index in [9.17, 15) is 9.65 Å². The molecule has 4 heterocycles. The van der Waals surface area contributed by atoms with Gasteiger partial charge in [0.15, 0.2) is 0 Å². The second-order valence-electron chi connectivity index (χ2n) is 10.6. The molecule has 0 saturated carbocycles. The van der Waals surface area contributed by atoms with Gasteiger partial charge in [0, 0.05) is 60.3 Å². The van der Waals surface area contributed by atoms with Gasteiger partial charge < -0.3 is 24.8 Å². The van der Waals surface area contributed by atoms with E-state index in [2.05, 4.69) is 33.1 Å². The van der Waals surface area contributed by atoms with Crippen LogP contribution in [0.5, 0.6) is 6.01 Å². The second kappa shape index (κ2) is 10.7. The molecule has 6 rings (SSSR count). The Balaban J connectivity index is 1.33. The SMILES string of the molecule is CN1CCC[C@@H]1COc1nc2c(c(N3CCN[C@@H](CC#N)C3)n1)CCN(c1ccc(F)c3ccccc13)C2. The lowest BCUT2D eigenvalue weighted by Gasteiger charge is -2.37. The molecule has 3 aliphatic rings. The Kier molecular flexibility index (Phi) is 7.00. The van der Waals surface area contributed by atoms with E-state index in [1.165, 1.54) is 6.42 Å². The summed E-state index contributed by atoms with van der Waals surface area (Å²) in [5.74, 6) is 0.724. The van der Waals surface area contributed by atoms with Crippen LogP contribution in [-0.2, 0) is 13.0 Å². The fourth-order valence-electron chi connectivity index (χ4n) is 6.07. The number of likely N-dealkylation sites (N-methyl/N-ethyl adjacent to an activating group) is 1. The van der Waals surface area contributed by atoms with Crippen molar-refractivity contribution in [2.24, 2.45) is 0 Å². The molecule has 0 radical (unpaired) electrons. The van der Waals surface area contributed by atoms with E-state index in [4.69, 9.17) is 14.7 Å². The highest BCUT2D eigenvalue weighted by molar-refractivity contribution is 5.94. The maximum Gasteiger partial charge on any atom is 0.318 e. The van der Waals surface area contributed by atoms with Crippen molar-refractivity contribution in [3.8, 4) is 12.1 Å². The lowest BCUT2D eigenvalue weighted by molar-refractivity contribution is 0.187. The Morgan fingerprint density at radius 2 is 1.97 bits per heavy atom. The van der Waals surface area contributed by atoms with E-state index in [-0.39, 0.29) is 11.9 Å². The molecule has 2 saturated heterocycles. The second-order valence-corrected chi connectivity index (χ2v) is 10.6. The standard InChI is InChI=1S/C29H34FN7O/c1-35-14-4-5-21(35)19-38-29-33-26-18-36(27-9-8-25(30)22-6-2-3-7-23(22)27)15-11-24(26)28(34-29)37-16-13-32-20(17-37)10-12-31/h2-3,6-9,20-21,32H,4-5,10-11,13-19H2,1H3/t20-,21+/m0/s1. The Hall–Kier alpha value is -3.48. The first-order chi connectivity index (χ1) is 18.6. The molecule has 0 bridgehead atoms. The Labute approximate surface area is 223 Å². The lowest BCUT2D eigenvalue weighted by atomic mass is 10.0. The van der Waals surface area contributed by atoms with Crippen LogP contribution in [-0.4, -0.2) is 73.3 Å². The van der Waals surface area contributed by atoms with Gasteiger partial charge in [0.2, 0.25) is 0 Å². The molecule has 38 heavy (non-hydrogen) atoms. The van der Waals surface area contributed by atoms with Gasteiger partial charge in [0.25, 0.3) is 0 Å². The summed E-state index contributed by atoms with van der Waals surface area (Å²) in [6, 6.07) is 14.3. The van der Waals surface area contributed by atoms with Crippen LogP contribution in [0.15, 0.2) is 36.4 Å². The number of anilines is 2. The topological polar surface area (TPSA) is 80.5 Å². The molecule has 3 aromatic rings. The number of nitrogens with one attached hydrogen (secondary N) is 1. The first-order valence-corrected chi connectivity index (χ1v) is 13.6. The van der Waals surface area contributed by atoms with Crippen molar-refractivity contribution in [1.82, 2.24) is 20.2 Å². The number of fused-ring (bicyclic) bond motifs is 2. The van der Waals surface area contributed by atoms with Crippen LogP contribution in [0.4, 0.5) is 15.9 Å². The van der Waals surface area contributed by atoms with Crippen LogP contribution >= 0.6 is 0 Å². The summed E-state index contributed by atoms with van der Waals surface area (Å²) < 4.78 is 20.8. The molecule has 2 atom stereocenters. The Morgan fingerprint density at radius 1 is 1.11 bits per heavy atom. The number of rotatable bonds is 6. The number of halogens is 1. The number of ether oxygens (including phenoxy) is 1. The minimum absolute atomic E-state index is 0.113. The Bertz CT molecular complexity index is 1360. The third kappa shape index (κ3) is 4.86. The highest BCUT2D eigenvalue weighted by Gasteiger charge is 2.30. The van der Waals surface area contributed by atoms with E-state index < -0.39 is 0 Å². The zero-order chi connectivity index (χ0) is 26.1. The average Bonchev–Trinajstić information content (AvgIpc) is 3.36. The minimum Gasteiger partial charge on any atom is -0.462 e. The zero-order valence-electron chi connectivity index (χ0n) is 21.9. The smallest absolute Gasteiger partial charge is 0.318 e. The zero-order valence-corrected chi connectivity index (χ0v) is 21.9. The molecular weight excluding hydrogens is 481 g/mol. The van der Waals surface area contributed by atoms with Gasteiger partial charge >= 0.3 is 6.01 Å². The van der Waals surface area contributed by atoms with Crippen LogP contribution in [0.1, 0.15) is 30.5 Å². The molecular formula is C29H34FN7O. The molecule has 0 spiro atoms. The van der Waals surface area contributed by atoms with Crippen LogP contribution in [0, 0.1) is 17.1 Å². The van der Waals surface area contributed by atoms with E-state index >= 15 is 0 Å². The molecule has 2 fully saturated rings. The van der Waals surface area contributed by atoms with E-state index in [0.717, 1.165) is 73.7 Å². The van der Waals surface area contributed by atoms with E-state index in [1.807, 2.05) is 30.3 Å². The summed E-state index contributed by atoms with van der Waals surface area (Å²) in [7, 11) is 2.14. The summed E-state index contributed by atoms with van der Waals surface area (Å²) in [5.41, 5.74) is 3.12. The summed E-state index contributed by atoms with van der Waals surface area (Å²) in [5, 5.41) is 14.2. The van der Waals surface area contributed by atoms with Gasteiger partial charge in [-0.25, -0.2) is 4.39 Å². The third-order valence-electron chi connectivity index (χ3n) is 8.18. The molecule has 1 aromatic heterocycles. The number of aromatic nitrogens is 2. The van der Waals surface area contributed by atoms with Crippen molar-refractivity contribution >= 4 is 22.3 Å². The van der Waals surface area contributed by atoms with Gasteiger partial charge in [0.05, 0.1) is 24.7 Å². The van der Waals surface area contributed by atoms with Crippen LogP contribution < -0.4 is 19.9 Å². The van der Waals surface area contributed by atoms with Crippen LogP contribution in [0.25, 0.3) is 10.8 Å². The fourth-order valence-corrected chi connectivity index (χ4v) is 6.07. The molecule has 1 N–H and O–H groups in total. The molecule has 3 aliphatic heterocycles. The molecule has 2 aromatic carbocycles. The van der Waals surface area contributed by atoms with Gasteiger partial charge in [-0.05, 0) is 45.0 Å². The fraction of sp³-hybridized carbons (Fsp3) is 0.483. The molecule has 0 amide bonds. The molecule has 8 nitrogen and oxygen atoms in total. The molecule has 9 heteroatoms. The molecule has 0 unspecified atom stereocenters. The monoisotopic (exact) mass is 515 g/mol. The highest BCUT2D eigenvalue weighted by atomic mass is 19.1. The lowest BCUT2D eigenvalue weighted by Crippen LogP contribution is -2.51. The quantitative estimate of drug-likeness (QED) is 0.535. The first-order valence-electron chi connectivity index (χ1n) is 13.6. The summed E-state index contributed by atoms with van der Waals surface area (Å²) >= 11 is 0. The normalized spacial score (nSPS) is 21.9. The van der Waals surface area contributed by atoms with Gasteiger partial charge in [-0.15, -0.1) is 0 Å². The highest BCUT2D eigenvalue weighted by Crippen LogP contribution is 2.35. The maximum absolute atomic E-state index is 14.5. The van der Waals surface area contributed by atoms with Gasteiger partial charge in [-0.1, -0.05) is 24.3 Å². The third-order valence-corrected chi connectivity index (χ3v) is 8.18. The predicted octanol–water partition coefficient (Wildman–Crippen LogP) is 3.50. The largest absolute Gasteiger partial charge is 0.462 e. The Morgan fingerprint density at radius 3 is 2.79 bits per heavy atom. The number of piperazine rings is 1. The summed E-state index contributed by atoms with van der Waals surface area (Å²) in [4.78, 5) is 16.8. The van der Waals surface area contributed by atoms with Crippen molar-refractivity contribution in [3.63, 3.8) is 0 Å².